The number of alkyl carbamates (subject to hydrolysis) is 1. The van der Waals surface area contributed by atoms with Gasteiger partial charge in [0.2, 0.25) is 5.91 Å². The molecule has 2 atom stereocenters. The average Bonchev–Trinajstić information content (AvgIpc) is 3.12. The summed E-state index contributed by atoms with van der Waals surface area (Å²) in [6.45, 7) is 0.400. The molecule has 0 spiro atoms. The van der Waals surface area contributed by atoms with Crippen LogP contribution in [0, 0.1) is 5.92 Å². The number of fused-ring (bicyclic) bond motifs is 3. The monoisotopic (exact) mass is 480 g/mol. The fourth-order valence-corrected chi connectivity index (χ4v) is 4.94. The lowest BCUT2D eigenvalue weighted by molar-refractivity contribution is -0.138. The van der Waals surface area contributed by atoms with Crippen molar-refractivity contribution in [3.8, 4) is 11.1 Å². The number of rotatable bonds is 11. The molecule has 0 radical (unpaired) electrons. The van der Waals surface area contributed by atoms with Crippen LogP contribution in [0.15, 0.2) is 48.5 Å². The Morgan fingerprint density at radius 1 is 1.00 bits per heavy atom. The van der Waals surface area contributed by atoms with Crippen LogP contribution in [-0.4, -0.2) is 55.5 Å². The van der Waals surface area contributed by atoms with Crippen molar-refractivity contribution in [1.29, 1.82) is 0 Å². The van der Waals surface area contributed by atoms with Crippen LogP contribution in [0.25, 0.3) is 11.1 Å². The van der Waals surface area contributed by atoms with E-state index in [9.17, 15) is 19.5 Å². The van der Waals surface area contributed by atoms with Crippen LogP contribution in [-0.2, 0) is 19.1 Å². The number of carboxylic acid groups (broad SMARTS) is 1. The molecule has 8 nitrogen and oxygen atoms in total. The number of hydrogen-bond acceptors (Lipinski definition) is 5. The average molecular weight is 481 g/mol. The van der Waals surface area contributed by atoms with Gasteiger partial charge in [-0.15, -0.1) is 0 Å². The molecule has 0 aromatic heterocycles. The Balaban J connectivity index is 1.39. The van der Waals surface area contributed by atoms with E-state index in [2.05, 4.69) is 22.8 Å². The number of carbonyl (C=O) groups excluding carboxylic acids is 2. The predicted molar refractivity (Wildman–Crippen MR) is 130 cm³/mol. The van der Waals surface area contributed by atoms with E-state index >= 15 is 0 Å². The molecule has 35 heavy (non-hydrogen) atoms. The molecule has 2 aliphatic rings. The van der Waals surface area contributed by atoms with Gasteiger partial charge in [-0.05, 0) is 41.0 Å². The number of carboxylic acids is 1. The molecule has 2 amide bonds. The van der Waals surface area contributed by atoms with Crippen LogP contribution < -0.4 is 10.6 Å². The van der Waals surface area contributed by atoms with Crippen LogP contribution in [0.3, 0.4) is 0 Å². The van der Waals surface area contributed by atoms with Gasteiger partial charge in [-0.1, -0.05) is 55.0 Å². The lowest BCUT2D eigenvalue weighted by atomic mass is 9.78. The minimum Gasteiger partial charge on any atom is -0.481 e. The second-order valence-electron chi connectivity index (χ2n) is 9.21. The standard InChI is InChI=1S/C27H32N2O6/c1-34-14-13-23(26(32)28-24(15-25(30)31)17-7-6-8-17)29-27(33)35-16-22-20-11-4-2-9-18(20)19-10-3-5-12-21(19)22/h2-5,9-12,17,22-24H,6-8,13-16H2,1H3,(H,28,32)(H,29,33)(H,30,31). The molecule has 0 heterocycles. The molecule has 2 aliphatic carbocycles. The zero-order chi connectivity index (χ0) is 24.8. The lowest BCUT2D eigenvalue weighted by Gasteiger charge is -2.34. The Labute approximate surface area is 205 Å². The van der Waals surface area contributed by atoms with Gasteiger partial charge < -0.3 is 25.2 Å². The van der Waals surface area contributed by atoms with E-state index in [0.29, 0.717) is 0 Å². The van der Waals surface area contributed by atoms with E-state index in [4.69, 9.17) is 9.47 Å². The fourth-order valence-electron chi connectivity index (χ4n) is 4.94. The Bertz CT molecular complexity index is 1020. The van der Waals surface area contributed by atoms with Crippen molar-refractivity contribution in [2.45, 2.75) is 50.1 Å². The Morgan fingerprint density at radius 2 is 1.63 bits per heavy atom. The van der Waals surface area contributed by atoms with Crippen molar-refractivity contribution >= 4 is 18.0 Å². The minimum atomic E-state index is -0.958. The molecular weight excluding hydrogens is 448 g/mol. The summed E-state index contributed by atoms with van der Waals surface area (Å²) >= 11 is 0. The second kappa shape index (κ2) is 11.4. The summed E-state index contributed by atoms with van der Waals surface area (Å²) < 4.78 is 10.7. The maximum atomic E-state index is 13.0. The maximum absolute atomic E-state index is 13.0. The molecule has 2 unspecified atom stereocenters. The first kappa shape index (κ1) is 24.7. The highest BCUT2D eigenvalue weighted by Gasteiger charge is 2.33. The molecule has 8 heteroatoms. The van der Waals surface area contributed by atoms with Gasteiger partial charge in [-0.3, -0.25) is 9.59 Å². The fraction of sp³-hybridized carbons (Fsp3) is 0.444. The molecule has 0 saturated heterocycles. The van der Waals surface area contributed by atoms with Crippen LogP contribution in [0.1, 0.15) is 49.1 Å². The number of amides is 2. The van der Waals surface area contributed by atoms with Crippen molar-refractivity contribution in [2.24, 2.45) is 5.92 Å². The molecule has 186 valence electrons. The van der Waals surface area contributed by atoms with Gasteiger partial charge in [0.15, 0.2) is 0 Å². The van der Waals surface area contributed by atoms with Gasteiger partial charge in [0.05, 0.1) is 6.42 Å². The van der Waals surface area contributed by atoms with Gasteiger partial charge in [0.25, 0.3) is 0 Å². The first-order valence-electron chi connectivity index (χ1n) is 12.1. The first-order chi connectivity index (χ1) is 17.0. The SMILES string of the molecule is COCCC(NC(=O)OCC1c2ccccc2-c2ccccc21)C(=O)NC(CC(=O)O)C1CCC1. The molecule has 0 bridgehead atoms. The van der Waals surface area contributed by atoms with E-state index in [1.165, 1.54) is 7.11 Å². The molecular formula is C27H32N2O6. The summed E-state index contributed by atoms with van der Waals surface area (Å²) in [5.41, 5.74) is 4.48. The topological polar surface area (TPSA) is 114 Å². The molecule has 1 fully saturated rings. The molecule has 2 aromatic rings. The molecule has 1 saturated carbocycles. The van der Waals surface area contributed by atoms with Gasteiger partial charge in [0.1, 0.15) is 12.6 Å². The van der Waals surface area contributed by atoms with Crippen molar-refractivity contribution in [1.82, 2.24) is 10.6 Å². The second-order valence-corrected chi connectivity index (χ2v) is 9.21. The summed E-state index contributed by atoms with van der Waals surface area (Å²) in [6, 6.07) is 14.8. The quantitative estimate of drug-likeness (QED) is 0.452. The maximum Gasteiger partial charge on any atom is 0.407 e. The third kappa shape index (κ3) is 5.82. The summed E-state index contributed by atoms with van der Waals surface area (Å²) in [5.74, 6) is -1.32. The number of ether oxygens (including phenoxy) is 2. The zero-order valence-corrected chi connectivity index (χ0v) is 19.9. The van der Waals surface area contributed by atoms with Crippen LogP contribution in [0.5, 0.6) is 0 Å². The Hall–Kier alpha value is -3.39. The van der Waals surface area contributed by atoms with Gasteiger partial charge in [-0.2, -0.15) is 0 Å². The third-order valence-electron chi connectivity index (χ3n) is 7.00. The van der Waals surface area contributed by atoms with Crippen molar-refractivity contribution in [3.63, 3.8) is 0 Å². The molecule has 3 N–H and O–H groups in total. The Kier molecular flexibility index (Phi) is 8.02. The number of nitrogens with one attached hydrogen (secondary N) is 2. The smallest absolute Gasteiger partial charge is 0.407 e. The summed E-state index contributed by atoms with van der Waals surface area (Å²) in [5, 5.41) is 14.7. The van der Waals surface area contributed by atoms with Crippen LogP contribution >= 0.6 is 0 Å². The zero-order valence-electron chi connectivity index (χ0n) is 19.9. The summed E-state index contributed by atoms with van der Waals surface area (Å²) in [7, 11) is 1.52. The normalized spacial score (nSPS) is 16.4. The molecule has 2 aromatic carbocycles. The largest absolute Gasteiger partial charge is 0.481 e. The third-order valence-corrected chi connectivity index (χ3v) is 7.00. The molecule has 4 rings (SSSR count). The number of methoxy groups -OCH3 is 1. The van der Waals surface area contributed by atoms with Gasteiger partial charge >= 0.3 is 12.1 Å². The summed E-state index contributed by atoms with van der Waals surface area (Å²) in [4.78, 5) is 37.0. The highest BCUT2D eigenvalue weighted by molar-refractivity contribution is 5.86. The first-order valence-corrected chi connectivity index (χ1v) is 12.1. The van der Waals surface area contributed by atoms with Crippen molar-refractivity contribution in [3.05, 3.63) is 59.7 Å². The lowest BCUT2D eigenvalue weighted by Crippen LogP contribution is -2.53. The predicted octanol–water partition coefficient (Wildman–Crippen LogP) is 3.69. The van der Waals surface area contributed by atoms with Crippen molar-refractivity contribution < 1.29 is 29.0 Å². The Morgan fingerprint density at radius 3 is 2.17 bits per heavy atom. The highest BCUT2D eigenvalue weighted by atomic mass is 16.5. The van der Waals surface area contributed by atoms with E-state index in [0.717, 1.165) is 41.5 Å². The van der Waals surface area contributed by atoms with E-state index < -0.39 is 30.1 Å². The number of hydrogen-bond donors (Lipinski definition) is 3. The molecule has 0 aliphatic heterocycles. The number of aliphatic carboxylic acids is 1. The minimum absolute atomic E-state index is 0.0852. The number of benzene rings is 2. The van der Waals surface area contributed by atoms with Gasteiger partial charge in [-0.25, -0.2) is 4.79 Å². The highest BCUT2D eigenvalue weighted by Crippen LogP contribution is 2.44. The van der Waals surface area contributed by atoms with Crippen LogP contribution in [0.2, 0.25) is 0 Å². The number of carbonyl (C=O) groups is 3. The summed E-state index contributed by atoms with van der Waals surface area (Å²) in [6.07, 6.45) is 2.22. The van der Waals surface area contributed by atoms with E-state index in [1.807, 2.05) is 36.4 Å². The van der Waals surface area contributed by atoms with Crippen molar-refractivity contribution in [2.75, 3.05) is 20.3 Å². The van der Waals surface area contributed by atoms with E-state index in [1.54, 1.807) is 0 Å². The van der Waals surface area contributed by atoms with E-state index in [-0.39, 0.29) is 37.9 Å². The van der Waals surface area contributed by atoms with Crippen LogP contribution in [0.4, 0.5) is 4.79 Å². The van der Waals surface area contributed by atoms with Gasteiger partial charge in [0, 0.05) is 32.1 Å².